The molecule has 0 aliphatic heterocycles. The van der Waals surface area contributed by atoms with Crippen LogP contribution in [0.2, 0.25) is 0 Å². The van der Waals surface area contributed by atoms with Gasteiger partial charge in [-0.1, -0.05) is 17.3 Å². The monoisotopic (exact) mass is 257 g/mol. The average Bonchev–Trinajstić information content (AvgIpc) is 3.10. The summed E-state index contributed by atoms with van der Waals surface area (Å²) in [6.45, 7) is 0. The molecule has 2 N–H and O–H groups in total. The van der Waals surface area contributed by atoms with Crippen LogP contribution >= 0.6 is 0 Å². The third-order valence-electron chi connectivity index (χ3n) is 2.45. The van der Waals surface area contributed by atoms with Gasteiger partial charge in [-0.25, -0.2) is 4.79 Å². The first kappa shape index (κ1) is 11.1. The standard InChI is InChI=1S/C11H7N5O3/c17-11(18)7-3-1-6(2-4-7)9-13-10(19-15-9)8-5-12-16-14-8/h1-5H,(H,17,18)(H,12,14,16). The zero-order chi connectivity index (χ0) is 13.2. The van der Waals surface area contributed by atoms with Gasteiger partial charge in [0.1, 0.15) is 0 Å². The van der Waals surface area contributed by atoms with Crippen molar-refractivity contribution in [3.8, 4) is 23.0 Å². The van der Waals surface area contributed by atoms with Crippen LogP contribution in [0.5, 0.6) is 0 Å². The minimum absolute atomic E-state index is 0.198. The number of aromatic carboxylic acids is 1. The van der Waals surface area contributed by atoms with Crippen molar-refractivity contribution in [3.63, 3.8) is 0 Å². The predicted molar refractivity (Wildman–Crippen MR) is 62.1 cm³/mol. The van der Waals surface area contributed by atoms with Gasteiger partial charge in [-0.05, 0) is 12.1 Å². The van der Waals surface area contributed by atoms with Gasteiger partial charge in [0.25, 0.3) is 5.89 Å². The molecule has 0 radical (unpaired) electrons. The number of H-pyrrole nitrogens is 1. The minimum Gasteiger partial charge on any atom is -0.478 e. The van der Waals surface area contributed by atoms with E-state index in [2.05, 4.69) is 25.6 Å². The Morgan fingerprint density at radius 1 is 1.26 bits per heavy atom. The number of benzene rings is 1. The fourth-order valence-electron chi connectivity index (χ4n) is 1.51. The molecule has 3 rings (SSSR count). The van der Waals surface area contributed by atoms with Gasteiger partial charge in [-0.15, -0.1) is 0 Å². The molecule has 0 atom stereocenters. The second-order valence-corrected chi connectivity index (χ2v) is 3.66. The van der Waals surface area contributed by atoms with E-state index in [9.17, 15) is 4.79 Å². The highest BCUT2D eigenvalue weighted by Gasteiger charge is 2.13. The maximum absolute atomic E-state index is 10.7. The van der Waals surface area contributed by atoms with Crippen molar-refractivity contribution >= 4 is 5.97 Å². The Balaban J connectivity index is 1.92. The highest BCUT2D eigenvalue weighted by molar-refractivity contribution is 5.88. The molecular weight excluding hydrogens is 250 g/mol. The molecule has 3 aromatic rings. The molecule has 19 heavy (non-hydrogen) atoms. The number of carbonyl (C=O) groups is 1. The molecule has 0 spiro atoms. The zero-order valence-corrected chi connectivity index (χ0v) is 9.44. The van der Waals surface area contributed by atoms with Crippen molar-refractivity contribution in [2.24, 2.45) is 0 Å². The summed E-state index contributed by atoms with van der Waals surface area (Å²) in [6, 6.07) is 6.18. The van der Waals surface area contributed by atoms with E-state index < -0.39 is 5.97 Å². The van der Waals surface area contributed by atoms with Gasteiger partial charge in [0.05, 0.1) is 11.8 Å². The predicted octanol–water partition coefficient (Wildman–Crippen LogP) is 1.22. The minimum atomic E-state index is -0.983. The van der Waals surface area contributed by atoms with Crippen LogP contribution in [0.4, 0.5) is 0 Å². The molecule has 0 amide bonds. The van der Waals surface area contributed by atoms with E-state index in [4.69, 9.17) is 9.63 Å². The summed E-state index contributed by atoms with van der Waals surface area (Å²) in [5.74, 6) is -0.385. The van der Waals surface area contributed by atoms with Crippen molar-refractivity contribution in [1.29, 1.82) is 0 Å². The first-order valence-corrected chi connectivity index (χ1v) is 5.27. The van der Waals surface area contributed by atoms with Crippen LogP contribution < -0.4 is 0 Å². The lowest BCUT2D eigenvalue weighted by molar-refractivity contribution is 0.0697. The van der Waals surface area contributed by atoms with Crippen molar-refractivity contribution in [3.05, 3.63) is 36.0 Å². The highest BCUT2D eigenvalue weighted by Crippen LogP contribution is 2.20. The Bertz CT molecular complexity index is 702. The Morgan fingerprint density at radius 2 is 2.05 bits per heavy atom. The number of rotatable bonds is 3. The van der Waals surface area contributed by atoms with E-state index in [-0.39, 0.29) is 11.5 Å². The van der Waals surface area contributed by atoms with Gasteiger partial charge in [-0.3, -0.25) is 0 Å². The number of aromatic amines is 1. The van der Waals surface area contributed by atoms with E-state index in [1.807, 2.05) is 0 Å². The number of carboxylic acid groups (broad SMARTS) is 1. The Morgan fingerprint density at radius 3 is 2.68 bits per heavy atom. The van der Waals surface area contributed by atoms with Crippen LogP contribution in [-0.4, -0.2) is 36.6 Å². The van der Waals surface area contributed by atoms with Crippen LogP contribution in [0, 0.1) is 0 Å². The lowest BCUT2D eigenvalue weighted by Gasteiger charge is -1.95. The fraction of sp³-hybridized carbons (Fsp3) is 0. The van der Waals surface area contributed by atoms with E-state index >= 15 is 0 Å². The fourth-order valence-corrected chi connectivity index (χ4v) is 1.51. The molecule has 94 valence electrons. The number of hydrogen-bond donors (Lipinski definition) is 2. The van der Waals surface area contributed by atoms with E-state index in [1.54, 1.807) is 12.1 Å². The maximum Gasteiger partial charge on any atom is 0.335 e. The molecule has 0 bridgehead atoms. The summed E-state index contributed by atoms with van der Waals surface area (Å²) < 4.78 is 5.04. The number of carboxylic acids is 1. The smallest absolute Gasteiger partial charge is 0.335 e. The molecule has 2 heterocycles. The highest BCUT2D eigenvalue weighted by atomic mass is 16.5. The van der Waals surface area contributed by atoms with Crippen LogP contribution in [0.1, 0.15) is 10.4 Å². The van der Waals surface area contributed by atoms with Crippen molar-refractivity contribution in [2.75, 3.05) is 0 Å². The molecule has 8 heteroatoms. The summed E-state index contributed by atoms with van der Waals surface area (Å²) in [5.41, 5.74) is 1.30. The van der Waals surface area contributed by atoms with Crippen LogP contribution in [0.25, 0.3) is 23.0 Å². The molecule has 8 nitrogen and oxygen atoms in total. The summed E-state index contributed by atoms with van der Waals surface area (Å²) in [5, 5.41) is 22.5. The molecule has 0 unspecified atom stereocenters. The van der Waals surface area contributed by atoms with Crippen LogP contribution in [0.15, 0.2) is 35.0 Å². The van der Waals surface area contributed by atoms with E-state index in [1.165, 1.54) is 18.3 Å². The number of hydrogen-bond acceptors (Lipinski definition) is 6. The first-order chi connectivity index (χ1) is 9.24. The molecule has 2 aromatic heterocycles. The summed E-state index contributed by atoms with van der Waals surface area (Å²) in [4.78, 5) is 14.9. The summed E-state index contributed by atoms with van der Waals surface area (Å²) in [6.07, 6.45) is 1.46. The Hall–Kier alpha value is -3.03. The molecule has 0 fully saturated rings. The largest absolute Gasteiger partial charge is 0.478 e. The van der Waals surface area contributed by atoms with E-state index in [0.717, 1.165) is 0 Å². The van der Waals surface area contributed by atoms with Crippen molar-refractivity contribution in [1.82, 2.24) is 25.6 Å². The second-order valence-electron chi connectivity index (χ2n) is 3.66. The van der Waals surface area contributed by atoms with E-state index in [0.29, 0.717) is 17.1 Å². The lowest BCUT2D eigenvalue weighted by Crippen LogP contribution is -1.95. The quantitative estimate of drug-likeness (QED) is 0.724. The number of nitrogens with zero attached hydrogens (tertiary/aromatic N) is 4. The van der Waals surface area contributed by atoms with Gasteiger partial charge in [-0.2, -0.15) is 20.4 Å². The molecule has 0 saturated heterocycles. The normalized spacial score (nSPS) is 10.5. The van der Waals surface area contributed by atoms with Crippen LogP contribution in [0.3, 0.4) is 0 Å². The molecule has 0 aliphatic carbocycles. The van der Waals surface area contributed by atoms with Gasteiger partial charge < -0.3 is 9.63 Å². The number of aromatic nitrogens is 5. The topological polar surface area (TPSA) is 118 Å². The Kier molecular flexibility index (Phi) is 2.53. The van der Waals surface area contributed by atoms with Gasteiger partial charge in [0, 0.05) is 5.56 Å². The average molecular weight is 257 g/mol. The van der Waals surface area contributed by atoms with Gasteiger partial charge >= 0.3 is 5.97 Å². The first-order valence-electron chi connectivity index (χ1n) is 5.27. The SMILES string of the molecule is O=C(O)c1ccc(-c2noc(-c3cn[nH]n3)n2)cc1. The number of nitrogens with one attached hydrogen (secondary N) is 1. The lowest BCUT2D eigenvalue weighted by atomic mass is 10.1. The van der Waals surface area contributed by atoms with Gasteiger partial charge in [0.15, 0.2) is 5.69 Å². The third kappa shape index (κ3) is 2.06. The summed E-state index contributed by atoms with van der Waals surface area (Å²) >= 11 is 0. The molecular formula is C11H7N5O3. The Labute approximate surface area is 106 Å². The van der Waals surface area contributed by atoms with Crippen molar-refractivity contribution < 1.29 is 14.4 Å². The zero-order valence-electron chi connectivity index (χ0n) is 9.44. The third-order valence-corrected chi connectivity index (χ3v) is 2.45. The molecule has 1 aromatic carbocycles. The molecule has 0 saturated carbocycles. The van der Waals surface area contributed by atoms with Crippen LogP contribution in [-0.2, 0) is 0 Å². The summed E-state index contributed by atoms with van der Waals surface area (Å²) in [7, 11) is 0. The van der Waals surface area contributed by atoms with Crippen molar-refractivity contribution in [2.45, 2.75) is 0 Å². The second kappa shape index (κ2) is 4.33. The maximum atomic E-state index is 10.7. The molecule has 0 aliphatic rings. The van der Waals surface area contributed by atoms with Gasteiger partial charge in [0.2, 0.25) is 5.82 Å².